The quantitative estimate of drug-likeness (QED) is 0.475. The predicted octanol–water partition coefficient (Wildman–Crippen LogP) is 5.16. The lowest BCUT2D eigenvalue weighted by Gasteiger charge is -2.13. The Hall–Kier alpha value is -3.86. The molecule has 0 aliphatic rings. The summed E-state index contributed by atoms with van der Waals surface area (Å²) >= 11 is 0. The maximum absolute atomic E-state index is 13.1. The van der Waals surface area contributed by atoms with E-state index in [-0.39, 0.29) is 5.91 Å². The first kappa shape index (κ1) is 20.4. The number of benzene rings is 3. The number of nitrogens with zero attached hydrogens (tertiary/aromatic N) is 1. The molecule has 5 nitrogen and oxygen atoms in total. The lowest BCUT2D eigenvalue weighted by atomic mass is 10.0. The first-order valence-electron chi connectivity index (χ1n) is 10.0. The van der Waals surface area contributed by atoms with Crippen LogP contribution in [-0.2, 0) is 6.54 Å². The number of aromatic nitrogens is 1. The smallest absolute Gasteiger partial charge is 0.252 e. The molecule has 0 fully saturated rings. The molecule has 4 aromatic rings. The number of fused-ring (bicyclic) bond motifs is 1. The Morgan fingerprint density at radius 1 is 0.935 bits per heavy atom. The Bertz CT molecular complexity index is 1230. The van der Waals surface area contributed by atoms with Crippen molar-refractivity contribution in [2.24, 2.45) is 0 Å². The topological polar surface area (TPSA) is 60.5 Å². The molecule has 4 rings (SSSR count). The minimum absolute atomic E-state index is 0.145. The molecule has 1 amide bonds. The number of pyridine rings is 1. The summed E-state index contributed by atoms with van der Waals surface area (Å²) in [7, 11) is 3.22. The number of carbonyl (C=O) groups excluding carboxylic acids is 1. The van der Waals surface area contributed by atoms with Gasteiger partial charge in [0.05, 0.1) is 31.0 Å². The van der Waals surface area contributed by atoms with E-state index in [1.165, 1.54) is 5.56 Å². The van der Waals surface area contributed by atoms with Gasteiger partial charge in [-0.3, -0.25) is 4.79 Å². The van der Waals surface area contributed by atoms with Crippen LogP contribution in [0.25, 0.3) is 22.2 Å². The van der Waals surface area contributed by atoms with E-state index in [4.69, 9.17) is 14.5 Å². The van der Waals surface area contributed by atoms with Crippen LogP contribution >= 0.6 is 0 Å². The van der Waals surface area contributed by atoms with Crippen LogP contribution in [0.5, 0.6) is 11.5 Å². The predicted molar refractivity (Wildman–Crippen MR) is 123 cm³/mol. The van der Waals surface area contributed by atoms with E-state index < -0.39 is 0 Å². The van der Waals surface area contributed by atoms with Crippen LogP contribution in [0.3, 0.4) is 0 Å². The average molecular weight is 412 g/mol. The van der Waals surface area contributed by atoms with Crippen molar-refractivity contribution in [3.63, 3.8) is 0 Å². The van der Waals surface area contributed by atoms with Crippen molar-refractivity contribution in [3.8, 4) is 22.8 Å². The van der Waals surface area contributed by atoms with Gasteiger partial charge in [-0.15, -0.1) is 0 Å². The van der Waals surface area contributed by atoms with E-state index in [2.05, 4.69) is 5.32 Å². The highest BCUT2D eigenvalue weighted by atomic mass is 16.5. The molecule has 0 bridgehead atoms. The third-order valence-corrected chi connectivity index (χ3v) is 5.22. The number of aryl methyl sites for hydroxylation is 1. The van der Waals surface area contributed by atoms with Crippen LogP contribution in [0, 0.1) is 6.92 Å². The molecule has 31 heavy (non-hydrogen) atoms. The minimum Gasteiger partial charge on any atom is -0.497 e. The maximum atomic E-state index is 13.1. The van der Waals surface area contributed by atoms with Gasteiger partial charge in [0.25, 0.3) is 5.91 Å². The zero-order chi connectivity index (χ0) is 21.8. The lowest BCUT2D eigenvalue weighted by molar-refractivity contribution is 0.0952. The monoisotopic (exact) mass is 412 g/mol. The lowest BCUT2D eigenvalue weighted by Crippen LogP contribution is -2.23. The van der Waals surface area contributed by atoms with Crippen molar-refractivity contribution in [2.75, 3.05) is 14.2 Å². The molecule has 0 saturated heterocycles. The van der Waals surface area contributed by atoms with Crippen molar-refractivity contribution in [1.82, 2.24) is 10.3 Å². The third-order valence-electron chi connectivity index (χ3n) is 5.22. The van der Waals surface area contributed by atoms with Gasteiger partial charge in [0.1, 0.15) is 11.5 Å². The fourth-order valence-electron chi connectivity index (χ4n) is 3.49. The van der Waals surface area contributed by atoms with Crippen LogP contribution in [0.4, 0.5) is 0 Å². The highest BCUT2D eigenvalue weighted by molar-refractivity contribution is 6.07. The standard InChI is InChI=1S/C26H24N2O3/c1-17-8-10-18(11-9-17)16-27-26(29)22-15-24(28-23-7-5-4-6-20(22)23)21-13-12-19(30-2)14-25(21)31-3/h4-15H,16H2,1-3H3,(H,27,29). The minimum atomic E-state index is -0.145. The number of amides is 1. The highest BCUT2D eigenvalue weighted by Gasteiger charge is 2.16. The zero-order valence-electron chi connectivity index (χ0n) is 17.8. The summed E-state index contributed by atoms with van der Waals surface area (Å²) in [6, 6.07) is 23.1. The van der Waals surface area contributed by atoms with E-state index in [0.717, 1.165) is 22.0 Å². The van der Waals surface area contributed by atoms with E-state index in [9.17, 15) is 4.79 Å². The fraction of sp³-hybridized carbons (Fsp3) is 0.154. The second kappa shape index (κ2) is 8.88. The summed E-state index contributed by atoms with van der Waals surface area (Å²) in [4.78, 5) is 17.9. The SMILES string of the molecule is COc1ccc(-c2cc(C(=O)NCc3ccc(C)cc3)c3ccccc3n2)c(OC)c1. The Balaban J connectivity index is 1.73. The van der Waals surface area contributed by atoms with Crippen LogP contribution in [0.15, 0.2) is 72.8 Å². The van der Waals surface area contributed by atoms with Gasteiger partial charge < -0.3 is 14.8 Å². The average Bonchev–Trinajstić information content (AvgIpc) is 2.82. The number of methoxy groups -OCH3 is 2. The molecule has 1 heterocycles. The largest absolute Gasteiger partial charge is 0.497 e. The number of carbonyl (C=O) groups is 1. The molecule has 0 aliphatic heterocycles. The maximum Gasteiger partial charge on any atom is 0.252 e. The summed E-state index contributed by atoms with van der Waals surface area (Å²) < 4.78 is 10.8. The Morgan fingerprint density at radius 2 is 1.71 bits per heavy atom. The highest BCUT2D eigenvalue weighted by Crippen LogP contribution is 2.34. The summed E-state index contributed by atoms with van der Waals surface area (Å²) in [6.45, 7) is 2.50. The van der Waals surface area contributed by atoms with E-state index in [0.29, 0.717) is 29.3 Å². The number of hydrogen-bond acceptors (Lipinski definition) is 4. The van der Waals surface area contributed by atoms with E-state index >= 15 is 0 Å². The van der Waals surface area contributed by atoms with Gasteiger partial charge in [0, 0.05) is 23.6 Å². The molecule has 156 valence electrons. The molecule has 3 aromatic carbocycles. The van der Waals surface area contributed by atoms with Gasteiger partial charge in [-0.25, -0.2) is 4.98 Å². The van der Waals surface area contributed by atoms with Crippen LogP contribution < -0.4 is 14.8 Å². The van der Waals surface area contributed by atoms with Crippen molar-refractivity contribution in [1.29, 1.82) is 0 Å². The first-order chi connectivity index (χ1) is 15.1. The molecule has 1 aromatic heterocycles. The molecule has 0 saturated carbocycles. The van der Waals surface area contributed by atoms with Gasteiger partial charge in [0.2, 0.25) is 0 Å². The van der Waals surface area contributed by atoms with Crippen molar-refractivity contribution < 1.29 is 14.3 Å². The Kier molecular flexibility index (Phi) is 5.85. The Morgan fingerprint density at radius 3 is 2.45 bits per heavy atom. The molecule has 1 N–H and O–H groups in total. The summed E-state index contributed by atoms with van der Waals surface area (Å²) in [6.07, 6.45) is 0. The first-order valence-corrected chi connectivity index (χ1v) is 10.0. The molecule has 0 aliphatic carbocycles. The number of para-hydroxylation sites is 1. The third kappa shape index (κ3) is 4.36. The molecular weight excluding hydrogens is 388 g/mol. The van der Waals surface area contributed by atoms with Crippen LogP contribution in [0.1, 0.15) is 21.5 Å². The van der Waals surface area contributed by atoms with Gasteiger partial charge in [-0.1, -0.05) is 48.0 Å². The van der Waals surface area contributed by atoms with Gasteiger partial charge >= 0.3 is 0 Å². The molecule has 0 unspecified atom stereocenters. The molecule has 0 radical (unpaired) electrons. The number of rotatable bonds is 6. The zero-order valence-corrected chi connectivity index (χ0v) is 17.8. The van der Waals surface area contributed by atoms with E-state index in [1.54, 1.807) is 14.2 Å². The summed E-state index contributed by atoms with van der Waals surface area (Å²) in [5.74, 6) is 1.18. The Labute approximate surface area is 181 Å². The number of nitrogens with one attached hydrogen (secondary N) is 1. The van der Waals surface area contributed by atoms with Crippen LogP contribution in [0.2, 0.25) is 0 Å². The van der Waals surface area contributed by atoms with Crippen molar-refractivity contribution in [2.45, 2.75) is 13.5 Å². The normalized spacial score (nSPS) is 10.7. The second-order valence-corrected chi connectivity index (χ2v) is 7.31. The summed E-state index contributed by atoms with van der Waals surface area (Å²) in [5, 5.41) is 3.84. The molecule has 0 spiro atoms. The fourth-order valence-corrected chi connectivity index (χ4v) is 3.49. The number of ether oxygens (including phenoxy) is 2. The number of hydrogen-bond donors (Lipinski definition) is 1. The second-order valence-electron chi connectivity index (χ2n) is 7.31. The molecule has 5 heteroatoms. The van der Waals surface area contributed by atoms with E-state index in [1.807, 2.05) is 79.7 Å². The van der Waals surface area contributed by atoms with Gasteiger partial charge in [0.15, 0.2) is 0 Å². The summed E-state index contributed by atoms with van der Waals surface area (Å²) in [5.41, 5.74) is 5.02. The van der Waals surface area contributed by atoms with Crippen LogP contribution in [-0.4, -0.2) is 25.1 Å². The van der Waals surface area contributed by atoms with Crippen molar-refractivity contribution in [3.05, 3.63) is 89.5 Å². The molecule has 0 atom stereocenters. The van der Waals surface area contributed by atoms with Gasteiger partial charge in [-0.2, -0.15) is 0 Å². The van der Waals surface area contributed by atoms with Gasteiger partial charge in [-0.05, 0) is 36.8 Å². The molecular formula is C26H24N2O3. The van der Waals surface area contributed by atoms with Crippen molar-refractivity contribution >= 4 is 16.8 Å².